The first kappa shape index (κ1) is 14.6. The van der Waals surface area contributed by atoms with Crippen molar-refractivity contribution < 1.29 is 0 Å². The highest BCUT2D eigenvalue weighted by atomic mass is 14.9. The lowest BCUT2D eigenvalue weighted by Gasteiger charge is -2.15. The number of nitrogens with zero attached hydrogens (tertiary/aromatic N) is 2. The van der Waals surface area contributed by atoms with E-state index in [0.29, 0.717) is 6.54 Å². The molecular weight excluding hydrogens is 246 g/mol. The van der Waals surface area contributed by atoms with Gasteiger partial charge in [0.2, 0.25) is 0 Å². The molecule has 3 nitrogen and oxygen atoms in total. The third kappa shape index (κ3) is 3.20. The highest BCUT2D eigenvalue weighted by Gasteiger charge is 2.15. The number of nitrogens with two attached hydrogens (primary N) is 1. The maximum absolute atomic E-state index is 9.05. The lowest BCUT2D eigenvalue weighted by atomic mass is 9.90. The molecule has 0 aliphatic heterocycles. The quantitative estimate of drug-likeness (QED) is 0.873. The van der Waals surface area contributed by atoms with Gasteiger partial charge >= 0.3 is 0 Å². The van der Waals surface area contributed by atoms with Crippen LogP contribution in [0.5, 0.6) is 0 Å². The van der Waals surface area contributed by atoms with Crippen LogP contribution in [0.2, 0.25) is 0 Å². The SMILES string of the molecule is CC(C)(C#N)CCCn1ccc2c(CCN)cccc21. The van der Waals surface area contributed by atoms with Crippen molar-refractivity contribution >= 4 is 10.9 Å². The van der Waals surface area contributed by atoms with E-state index < -0.39 is 0 Å². The molecule has 1 aromatic heterocycles. The summed E-state index contributed by atoms with van der Waals surface area (Å²) in [5, 5.41) is 10.4. The van der Waals surface area contributed by atoms with Gasteiger partial charge in [0.1, 0.15) is 0 Å². The Labute approximate surface area is 121 Å². The van der Waals surface area contributed by atoms with E-state index in [4.69, 9.17) is 11.0 Å². The molecule has 2 aromatic rings. The molecular formula is C17H23N3. The summed E-state index contributed by atoms with van der Waals surface area (Å²) in [5.41, 5.74) is 8.03. The van der Waals surface area contributed by atoms with Crippen LogP contribution in [0.15, 0.2) is 30.5 Å². The van der Waals surface area contributed by atoms with Crippen molar-refractivity contribution in [1.82, 2.24) is 4.57 Å². The number of aryl methyl sites for hydroxylation is 1. The van der Waals surface area contributed by atoms with E-state index >= 15 is 0 Å². The fourth-order valence-corrected chi connectivity index (χ4v) is 2.60. The highest BCUT2D eigenvalue weighted by Crippen LogP contribution is 2.24. The van der Waals surface area contributed by atoms with Crippen molar-refractivity contribution in [3.05, 3.63) is 36.0 Å². The van der Waals surface area contributed by atoms with Gasteiger partial charge in [0.15, 0.2) is 0 Å². The molecule has 0 aliphatic carbocycles. The lowest BCUT2D eigenvalue weighted by molar-refractivity contribution is 0.418. The second kappa shape index (κ2) is 6.11. The Hall–Kier alpha value is -1.79. The summed E-state index contributed by atoms with van der Waals surface area (Å²) in [4.78, 5) is 0. The molecule has 0 aliphatic rings. The van der Waals surface area contributed by atoms with Gasteiger partial charge in [-0.05, 0) is 57.4 Å². The summed E-state index contributed by atoms with van der Waals surface area (Å²) < 4.78 is 2.28. The van der Waals surface area contributed by atoms with Gasteiger partial charge < -0.3 is 10.3 Å². The topological polar surface area (TPSA) is 54.7 Å². The summed E-state index contributed by atoms with van der Waals surface area (Å²) in [6.07, 6.45) is 5.00. The average molecular weight is 269 g/mol. The highest BCUT2D eigenvalue weighted by molar-refractivity contribution is 5.83. The zero-order valence-corrected chi connectivity index (χ0v) is 12.4. The van der Waals surface area contributed by atoms with Crippen molar-refractivity contribution in [2.45, 2.75) is 39.7 Å². The Morgan fingerprint density at radius 1 is 1.30 bits per heavy atom. The molecule has 0 saturated heterocycles. The molecule has 1 heterocycles. The maximum atomic E-state index is 9.05. The maximum Gasteiger partial charge on any atom is 0.0683 e. The minimum absolute atomic E-state index is 0.229. The molecule has 0 fully saturated rings. The van der Waals surface area contributed by atoms with Crippen LogP contribution in [0.25, 0.3) is 10.9 Å². The van der Waals surface area contributed by atoms with Crippen molar-refractivity contribution in [2.75, 3.05) is 6.54 Å². The first-order chi connectivity index (χ1) is 9.57. The molecule has 20 heavy (non-hydrogen) atoms. The van der Waals surface area contributed by atoms with Gasteiger partial charge in [-0.15, -0.1) is 0 Å². The number of fused-ring (bicyclic) bond motifs is 1. The van der Waals surface area contributed by atoms with E-state index in [0.717, 1.165) is 25.8 Å². The van der Waals surface area contributed by atoms with Crippen LogP contribution in [0.4, 0.5) is 0 Å². The van der Waals surface area contributed by atoms with Crippen LogP contribution in [0, 0.1) is 16.7 Å². The average Bonchev–Trinajstić information content (AvgIpc) is 2.84. The molecule has 2 rings (SSSR count). The normalized spacial score (nSPS) is 11.7. The molecule has 3 heteroatoms. The largest absolute Gasteiger partial charge is 0.347 e. The van der Waals surface area contributed by atoms with Crippen LogP contribution >= 0.6 is 0 Å². The Morgan fingerprint density at radius 2 is 2.10 bits per heavy atom. The Kier molecular flexibility index (Phi) is 4.46. The third-order valence-corrected chi connectivity index (χ3v) is 3.82. The van der Waals surface area contributed by atoms with E-state index in [1.54, 1.807) is 0 Å². The molecule has 0 spiro atoms. The number of rotatable bonds is 6. The molecule has 0 radical (unpaired) electrons. The third-order valence-electron chi connectivity index (χ3n) is 3.82. The molecule has 0 unspecified atom stereocenters. The molecule has 1 aromatic carbocycles. The molecule has 0 bridgehead atoms. The summed E-state index contributed by atoms with van der Waals surface area (Å²) in [6.45, 7) is 5.64. The minimum atomic E-state index is -0.229. The van der Waals surface area contributed by atoms with E-state index in [2.05, 4.69) is 41.1 Å². The van der Waals surface area contributed by atoms with E-state index in [9.17, 15) is 0 Å². The van der Waals surface area contributed by atoms with Gasteiger partial charge in [0.05, 0.1) is 11.5 Å². The standard InChI is InChI=1S/C17H23N3/c1-17(2,13-19)9-4-11-20-12-8-15-14(7-10-18)5-3-6-16(15)20/h3,5-6,8,12H,4,7,9-11,18H2,1-2H3. The molecule has 106 valence electrons. The molecule has 0 amide bonds. The summed E-state index contributed by atoms with van der Waals surface area (Å²) in [7, 11) is 0. The van der Waals surface area contributed by atoms with Crippen molar-refractivity contribution in [3.63, 3.8) is 0 Å². The minimum Gasteiger partial charge on any atom is -0.347 e. The first-order valence-electron chi connectivity index (χ1n) is 7.25. The summed E-state index contributed by atoms with van der Waals surface area (Å²) >= 11 is 0. The number of hydrogen-bond acceptors (Lipinski definition) is 2. The Balaban J connectivity index is 2.12. The van der Waals surface area contributed by atoms with E-state index in [1.165, 1.54) is 16.5 Å². The van der Waals surface area contributed by atoms with Gasteiger partial charge in [-0.3, -0.25) is 0 Å². The lowest BCUT2D eigenvalue weighted by Crippen LogP contribution is -2.09. The van der Waals surface area contributed by atoms with Gasteiger partial charge in [-0.25, -0.2) is 0 Å². The fraction of sp³-hybridized carbons (Fsp3) is 0.471. The van der Waals surface area contributed by atoms with Gasteiger partial charge in [-0.1, -0.05) is 12.1 Å². The zero-order valence-electron chi connectivity index (χ0n) is 12.4. The number of benzene rings is 1. The van der Waals surface area contributed by atoms with E-state index in [-0.39, 0.29) is 5.41 Å². The van der Waals surface area contributed by atoms with Crippen LogP contribution in [0.3, 0.4) is 0 Å². The summed E-state index contributed by atoms with van der Waals surface area (Å²) in [5.74, 6) is 0. The number of nitriles is 1. The Morgan fingerprint density at radius 3 is 2.80 bits per heavy atom. The van der Waals surface area contributed by atoms with Gasteiger partial charge in [-0.2, -0.15) is 5.26 Å². The van der Waals surface area contributed by atoms with Crippen LogP contribution < -0.4 is 5.73 Å². The zero-order chi connectivity index (χ0) is 14.6. The van der Waals surface area contributed by atoms with Crippen LogP contribution in [0.1, 0.15) is 32.3 Å². The molecule has 2 N–H and O–H groups in total. The Bertz CT molecular complexity index is 617. The number of hydrogen-bond donors (Lipinski definition) is 1. The van der Waals surface area contributed by atoms with Crippen molar-refractivity contribution in [1.29, 1.82) is 5.26 Å². The second-order valence-corrected chi connectivity index (χ2v) is 6.00. The fourth-order valence-electron chi connectivity index (χ4n) is 2.60. The first-order valence-corrected chi connectivity index (χ1v) is 7.25. The molecule has 0 saturated carbocycles. The van der Waals surface area contributed by atoms with Crippen molar-refractivity contribution in [2.24, 2.45) is 11.1 Å². The summed E-state index contributed by atoms with van der Waals surface area (Å²) in [6, 6.07) is 10.9. The van der Waals surface area contributed by atoms with E-state index in [1.807, 2.05) is 13.8 Å². The van der Waals surface area contributed by atoms with Crippen molar-refractivity contribution in [3.8, 4) is 6.07 Å². The van der Waals surface area contributed by atoms with Gasteiger partial charge in [0.25, 0.3) is 0 Å². The van der Waals surface area contributed by atoms with Gasteiger partial charge in [0, 0.05) is 23.6 Å². The smallest absolute Gasteiger partial charge is 0.0683 e. The van der Waals surface area contributed by atoms with Crippen LogP contribution in [-0.2, 0) is 13.0 Å². The predicted octanol–water partition coefficient (Wildman–Crippen LogP) is 3.47. The second-order valence-electron chi connectivity index (χ2n) is 6.00. The van der Waals surface area contributed by atoms with Crippen LogP contribution in [-0.4, -0.2) is 11.1 Å². The number of aromatic nitrogens is 1. The predicted molar refractivity (Wildman–Crippen MR) is 83.3 cm³/mol. The molecule has 0 atom stereocenters. The monoisotopic (exact) mass is 269 g/mol.